The first-order chi connectivity index (χ1) is 14.5. The Balaban J connectivity index is 1.72. The van der Waals surface area contributed by atoms with Gasteiger partial charge in [-0.1, -0.05) is 6.07 Å². The smallest absolute Gasteiger partial charge is 0.330 e. The molecule has 0 bridgehead atoms. The molecule has 1 N–H and O–H groups in total. The summed E-state index contributed by atoms with van der Waals surface area (Å²) in [7, 11) is 1.31. The van der Waals surface area contributed by atoms with Crippen molar-refractivity contribution >= 4 is 29.6 Å². The van der Waals surface area contributed by atoms with E-state index in [0.29, 0.717) is 34.6 Å². The Morgan fingerprint density at radius 1 is 1.27 bits per heavy atom. The van der Waals surface area contributed by atoms with E-state index in [4.69, 9.17) is 0 Å². The van der Waals surface area contributed by atoms with Crippen molar-refractivity contribution in [1.29, 1.82) is 0 Å². The average molecular weight is 404 g/mol. The number of anilines is 2. The molecular weight excluding hydrogens is 384 g/mol. The summed E-state index contributed by atoms with van der Waals surface area (Å²) in [6.45, 7) is 1.48. The van der Waals surface area contributed by atoms with E-state index >= 15 is 0 Å². The minimum Gasteiger partial charge on any atom is -0.466 e. The molecule has 1 aliphatic carbocycles. The van der Waals surface area contributed by atoms with Crippen molar-refractivity contribution in [3.63, 3.8) is 0 Å². The van der Waals surface area contributed by atoms with E-state index in [1.165, 1.54) is 24.8 Å². The van der Waals surface area contributed by atoms with Gasteiger partial charge >= 0.3 is 5.97 Å². The summed E-state index contributed by atoms with van der Waals surface area (Å²) >= 11 is 0. The van der Waals surface area contributed by atoms with E-state index in [1.807, 2.05) is 18.2 Å². The first kappa shape index (κ1) is 19.4. The number of esters is 1. The maximum atomic E-state index is 12.0. The maximum absolute atomic E-state index is 12.0. The highest BCUT2D eigenvalue weighted by Crippen LogP contribution is 2.41. The number of rotatable bonds is 6. The number of carbonyl (C=O) groups excluding carboxylic acids is 2. The van der Waals surface area contributed by atoms with Crippen LogP contribution in [-0.4, -0.2) is 43.7 Å². The van der Waals surface area contributed by atoms with E-state index in [-0.39, 0.29) is 5.91 Å². The zero-order valence-electron chi connectivity index (χ0n) is 16.6. The van der Waals surface area contributed by atoms with Gasteiger partial charge in [-0.2, -0.15) is 0 Å². The molecule has 9 heteroatoms. The molecule has 3 aromatic rings. The molecule has 0 amide bonds. The Hall–Kier alpha value is -3.88. The molecule has 0 atom stereocenters. The Morgan fingerprint density at radius 3 is 2.77 bits per heavy atom. The van der Waals surface area contributed by atoms with Crippen molar-refractivity contribution < 1.29 is 14.3 Å². The number of hydrogen-bond acceptors (Lipinski definition) is 8. The molecule has 1 saturated carbocycles. The summed E-state index contributed by atoms with van der Waals surface area (Å²) < 4.78 is 6.07. The first-order valence-electron chi connectivity index (χ1n) is 9.47. The van der Waals surface area contributed by atoms with Gasteiger partial charge in [-0.15, -0.1) is 5.10 Å². The summed E-state index contributed by atoms with van der Waals surface area (Å²) in [5.74, 6) is 1.05. The molecule has 0 aliphatic heterocycles. The van der Waals surface area contributed by atoms with Crippen molar-refractivity contribution in [2.45, 2.75) is 25.7 Å². The number of nitrogens with zero attached hydrogens (tertiary/aromatic N) is 5. The number of methoxy groups -OCH3 is 1. The monoisotopic (exact) mass is 404 g/mol. The molecule has 152 valence electrons. The van der Waals surface area contributed by atoms with Crippen LogP contribution in [0.5, 0.6) is 0 Å². The topological polar surface area (TPSA) is 112 Å². The molecular formula is C21H20N6O3. The summed E-state index contributed by atoms with van der Waals surface area (Å²) in [5, 5.41) is 7.54. The largest absolute Gasteiger partial charge is 0.466 e. The van der Waals surface area contributed by atoms with Crippen LogP contribution < -0.4 is 5.32 Å². The van der Waals surface area contributed by atoms with Gasteiger partial charge in [0.05, 0.1) is 12.8 Å². The highest BCUT2D eigenvalue weighted by molar-refractivity contribution is 5.88. The summed E-state index contributed by atoms with van der Waals surface area (Å²) in [5.41, 5.74) is 2.05. The molecule has 4 rings (SSSR count). The van der Waals surface area contributed by atoms with Crippen LogP contribution in [0.25, 0.3) is 17.6 Å². The van der Waals surface area contributed by atoms with Crippen LogP contribution in [-0.2, 0) is 9.53 Å². The van der Waals surface area contributed by atoms with E-state index in [0.717, 1.165) is 18.5 Å². The van der Waals surface area contributed by atoms with Gasteiger partial charge < -0.3 is 10.1 Å². The molecule has 3 heterocycles. The van der Waals surface area contributed by atoms with Crippen LogP contribution >= 0.6 is 0 Å². The Bertz CT molecular complexity index is 1120. The molecule has 0 saturated heterocycles. The minimum atomic E-state index is -0.494. The zero-order chi connectivity index (χ0) is 21.1. The molecule has 9 nitrogen and oxygen atoms in total. The molecule has 1 aliphatic rings. The normalized spacial score (nSPS) is 13.4. The lowest BCUT2D eigenvalue weighted by molar-refractivity contribution is -0.134. The van der Waals surface area contributed by atoms with Crippen LogP contribution in [0.4, 0.5) is 11.6 Å². The molecule has 0 radical (unpaired) electrons. The fraction of sp³-hybridized carbons (Fsp3) is 0.238. The van der Waals surface area contributed by atoms with Crippen molar-refractivity contribution in [2.75, 3.05) is 12.4 Å². The Kier molecular flexibility index (Phi) is 5.34. The van der Waals surface area contributed by atoms with Crippen LogP contribution in [0.1, 0.15) is 41.7 Å². The van der Waals surface area contributed by atoms with Crippen molar-refractivity contribution in [2.24, 2.45) is 0 Å². The third-order valence-electron chi connectivity index (χ3n) is 4.59. The number of pyridine rings is 1. The number of nitrogens with one attached hydrogen (secondary N) is 1. The Morgan fingerprint density at radius 2 is 2.10 bits per heavy atom. The second kappa shape index (κ2) is 8.24. The summed E-state index contributed by atoms with van der Waals surface area (Å²) in [6.07, 6.45) is 8.18. The predicted molar refractivity (Wildman–Crippen MR) is 110 cm³/mol. The predicted octanol–water partition coefficient (Wildman–Crippen LogP) is 3.20. The molecule has 30 heavy (non-hydrogen) atoms. The standard InChI is InChI=1S/C21H20N6O3/c1-13(28)27-17(14-6-7-14)11-18(26-27)24-20-15(8-9-19(29)30-2)12-23-21(25-20)16-5-3-4-10-22-16/h3-5,8-12,14H,6-7H2,1-2H3,(H,23,24,25,26). The van der Waals surface area contributed by atoms with Crippen molar-refractivity contribution in [3.05, 3.63) is 54.0 Å². The molecule has 0 spiro atoms. The third-order valence-corrected chi connectivity index (χ3v) is 4.59. The van der Waals surface area contributed by atoms with E-state index in [9.17, 15) is 9.59 Å². The average Bonchev–Trinajstić information content (AvgIpc) is 3.52. The summed E-state index contributed by atoms with van der Waals surface area (Å²) in [6, 6.07) is 7.32. The highest BCUT2D eigenvalue weighted by Gasteiger charge is 2.29. The lowest BCUT2D eigenvalue weighted by atomic mass is 10.2. The third kappa shape index (κ3) is 4.24. The lowest BCUT2D eigenvalue weighted by Crippen LogP contribution is -2.11. The van der Waals surface area contributed by atoms with E-state index in [1.54, 1.807) is 24.5 Å². The quantitative estimate of drug-likeness (QED) is 0.492. The highest BCUT2D eigenvalue weighted by atomic mass is 16.5. The fourth-order valence-corrected chi connectivity index (χ4v) is 2.96. The Labute approximate surface area is 172 Å². The van der Waals surface area contributed by atoms with Gasteiger partial charge in [-0.3, -0.25) is 9.78 Å². The van der Waals surface area contributed by atoms with Gasteiger partial charge in [-0.25, -0.2) is 19.4 Å². The van der Waals surface area contributed by atoms with Crippen molar-refractivity contribution in [3.8, 4) is 11.5 Å². The van der Waals surface area contributed by atoms with Gasteiger partial charge in [0, 0.05) is 42.9 Å². The van der Waals surface area contributed by atoms with Crippen LogP contribution in [0.3, 0.4) is 0 Å². The number of carbonyl (C=O) groups is 2. The van der Waals surface area contributed by atoms with Gasteiger partial charge in [0.25, 0.3) is 0 Å². The number of hydrogen-bond donors (Lipinski definition) is 1. The van der Waals surface area contributed by atoms with Gasteiger partial charge in [-0.05, 0) is 31.1 Å². The van der Waals surface area contributed by atoms with Gasteiger partial charge in [0.2, 0.25) is 5.91 Å². The summed E-state index contributed by atoms with van der Waals surface area (Å²) in [4.78, 5) is 36.7. The van der Waals surface area contributed by atoms with Gasteiger partial charge in [0.1, 0.15) is 11.5 Å². The first-order valence-corrected chi connectivity index (χ1v) is 9.47. The van der Waals surface area contributed by atoms with Crippen molar-refractivity contribution in [1.82, 2.24) is 24.7 Å². The van der Waals surface area contributed by atoms with Crippen LogP contribution in [0.15, 0.2) is 42.7 Å². The second-order valence-electron chi connectivity index (χ2n) is 6.85. The maximum Gasteiger partial charge on any atom is 0.330 e. The second-order valence-corrected chi connectivity index (χ2v) is 6.85. The number of aromatic nitrogens is 5. The zero-order valence-corrected chi connectivity index (χ0v) is 16.6. The van der Waals surface area contributed by atoms with Crippen LogP contribution in [0, 0.1) is 0 Å². The van der Waals surface area contributed by atoms with Crippen LogP contribution in [0.2, 0.25) is 0 Å². The molecule has 3 aromatic heterocycles. The fourth-order valence-electron chi connectivity index (χ4n) is 2.96. The number of ether oxygens (including phenoxy) is 1. The molecule has 0 aromatic carbocycles. The molecule has 1 fully saturated rings. The minimum absolute atomic E-state index is 0.146. The van der Waals surface area contributed by atoms with Gasteiger partial charge in [0.15, 0.2) is 11.6 Å². The van der Waals surface area contributed by atoms with E-state index < -0.39 is 5.97 Å². The van der Waals surface area contributed by atoms with E-state index in [2.05, 4.69) is 30.1 Å². The molecule has 0 unspecified atom stereocenters. The SMILES string of the molecule is COC(=O)C=Cc1cnc(-c2ccccn2)nc1Nc1cc(C2CC2)n(C(C)=O)n1. The lowest BCUT2D eigenvalue weighted by Gasteiger charge is -2.08.